The predicted octanol–water partition coefficient (Wildman–Crippen LogP) is 3.74. The first-order valence-corrected chi connectivity index (χ1v) is 7.38. The highest BCUT2D eigenvalue weighted by Crippen LogP contribution is 2.30. The Morgan fingerprint density at radius 2 is 2.05 bits per heavy atom. The van der Waals surface area contributed by atoms with Crippen LogP contribution in [0.25, 0.3) is 0 Å². The van der Waals surface area contributed by atoms with Crippen LogP contribution in [0.15, 0.2) is 18.2 Å². The quantitative estimate of drug-likeness (QED) is 0.912. The van der Waals surface area contributed by atoms with Crippen molar-refractivity contribution < 1.29 is 4.39 Å². The van der Waals surface area contributed by atoms with Gasteiger partial charge >= 0.3 is 0 Å². The van der Waals surface area contributed by atoms with Gasteiger partial charge in [0, 0.05) is 29.2 Å². The maximum absolute atomic E-state index is 14.0. The third-order valence-electron chi connectivity index (χ3n) is 4.19. The minimum absolute atomic E-state index is 0.0691. The van der Waals surface area contributed by atoms with Crippen LogP contribution in [-0.2, 0) is 0 Å². The van der Waals surface area contributed by atoms with Crippen LogP contribution in [0.2, 0.25) is 5.02 Å². The SMILES string of the molecule is CN(C1CCCCC1)C(CN)c1ccc(Cl)cc1F. The first kappa shape index (κ1) is 14.8. The molecule has 0 spiro atoms. The lowest BCUT2D eigenvalue weighted by molar-refractivity contribution is 0.138. The first-order valence-electron chi connectivity index (χ1n) is 7.00. The lowest BCUT2D eigenvalue weighted by Crippen LogP contribution is -2.40. The Balaban J connectivity index is 2.18. The van der Waals surface area contributed by atoms with Gasteiger partial charge in [0.2, 0.25) is 0 Å². The van der Waals surface area contributed by atoms with Gasteiger partial charge in [0.15, 0.2) is 0 Å². The van der Waals surface area contributed by atoms with Crippen LogP contribution in [0, 0.1) is 5.82 Å². The van der Waals surface area contributed by atoms with Gasteiger partial charge in [-0.15, -0.1) is 0 Å². The highest BCUT2D eigenvalue weighted by molar-refractivity contribution is 6.30. The minimum atomic E-state index is -0.259. The van der Waals surface area contributed by atoms with Gasteiger partial charge in [0.25, 0.3) is 0 Å². The molecule has 0 amide bonds. The molecule has 0 radical (unpaired) electrons. The van der Waals surface area contributed by atoms with Crippen molar-refractivity contribution in [3.05, 3.63) is 34.6 Å². The number of rotatable bonds is 4. The van der Waals surface area contributed by atoms with Gasteiger partial charge in [-0.1, -0.05) is 36.9 Å². The molecule has 2 N–H and O–H groups in total. The Hall–Kier alpha value is -0.640. The van der Waals surface area contributed by atoms with Crippen molar-refractivity contribution in [3.8, 4) is 0 Å². The molecular weight excluding hydrogens is 263 g/mol. The number of nitrogens with zero attached hydrogens (tertiary/aromatic N) is 1. The summed E-state index contributed by atoms with van der Waals surface area (Å²) in [5.41, 5.74) is 6.53. The van der Waals surface area contributed by atoms with Crippen molar-refractivity contribution in [2.24, 2.45) is 5.73 Å². The molecule has 4 heteroatoms. The van der Waals surface area contributed by atoms with Gasteiger partial charge < -0.3 is 5.73 Å². The lowest BCUT2D eigenvalue weighted by atomic mass is 9.92. The summed E-state index contributed by atoms with van der Waals surface area (Å²) < 4.78 is 14.0. The molecule has 0 aromatic heterocycles. The van der Waals surface area contributed by atoms with Crippen molar-refractivity contribution in [2.45, 2.75) is 44.2 Å². The van der Waals surface area contributed by atoms with Crippen LogP contribution in [-0.4, -0.2) is 24.5 Å². The molecule has 1 aromatic rings. The Kier molecular flexibility index (Phi) is 5.20. The first-order chi connectivity index (χ1) is 9.13. The maximum atomic E-state index is 14.0. The van der Waals surface area contributed by atoms with E-state index >= 15 is 0 Å². The lowest BCUT2D eigenvalue weighted by Gasteiger charge is -2.37. The topological polar surface area (TPSA) is 29.3 Å². The zero-order chi connectivity index (χ0) is 13.8. The molecule has 1 aliphatic carbocycles. The largest absolute Gasteiger partial charge is 0.329 e. The van der Waals surface area contributed by atoms with E-state index in [1.807, 2.05) is 0 Å². The van der Waals surface area contributed by atoms with E-state index in [2.05, 4.69) is 11.9 Å². The van der Waals surface area contributed by atoms with Crippen molar-refractivity contribution in [3.63, 3.8) is 0 Å². The number of halogens is 2. The fourth-order valence-corrected chi connectivity index (χ4v) is 3.19. The van der Waals surface area contributed by atoms with Gasteiger partial charge in [-0.05, 0) is 32.0 Å². The molecule has 19 heavy (non-hydrogen) atoms. The fraction of sp³-hybridized carbons (Fsp3) is 0.600. The fourth-order valence-electron chi connectivity index (χ4n) is 3.03. The summed E-state index contributed by atoms with van der Waals surface area (Å²) in [5.74, 6) is -0.259. The molecule has 0 saturated heterocycles. The molecule has 0 aliphatic heterocycles. The van der Waals surface area contributed by atoms with E-state index in [1.54, 1.807) is 12.1 Å². The summed E-state index contributed by atoms with van der Waals surface area (Å²) in [6, 6.07) is 5.30. The molecule has 1 fully saturated rings. The normalized spacial score (nSPS) is 18.8. The highest BCUT2D eigenvalue weighted by Gasteiger charge is 2.26. The molecule has 1 saturated carbocycles. The van der Waals surface area contributed by atoms with Gasteiger partial charge in [-0.2, -0.15) is 0 Å². The molecular formula is C15H22ClFN2. The van der Waals surface area contributed by atoms with Gasteiger partial charge in [-0.3, -0.25) is 4.90 Å². The van der Waals surface area contributed by atoms with Crippen LogP contribution in [0.3, 0.4) is 0 Å². The zero-order valence-corrected chi connectivity index (χ0v) is 12.2. The molecule has 1 aliphatic rings. The van der Waals surface area contributed by atoms with Crippen LogP contribution >= 0.6 is 11.6 Å². The van der Waals surface area contributed by atoms with E-state index < -0.39 is 0 Å². The van der Waals surface area contributed by atoms with E-state index in [0.29, 0.717) is 23.2 Å². The van der Waals surface area contributed by atoms with Crippen LogP contribution < -0.4 is 5.73 Å². The predicted molar refractivity (Wildman–Crippen MR) is 77.8 cm³/mol. The molecule has 106 valence electrons. The van der Waals surface area contributed by atoms with E-state index in [0.717, 1.165) is 0 Å². The zero-order valence-electron chi connectivity index (χ0n) is 11.4. The Morgan fingerprint density at radius 3 is 2.63 bits per heavy atom. The number of benzene rings is 1. The van der Waals surface area contributed by atoms with E-state index in [9.17, 15) is 4.39 Å². The average molecular weight is 285 g/mol. The highest BCUT2D eigenvalue weighted by atomic mass is 35.5. The van der Waals surface area contributed by atoms with E-state index in [4.69, 9.17) is 17.3 Å². The number of nitrogens with two attached hydrogens (primary N) is 1. The number of hydrogen-bond donors (Lipinski definition) is 1. The number of likely N-dealkylation sites (N-methyl/N-ethyl adjacent to an activating group) is 1. The van der Waals surface area contributed by atoms with E-state index in [-0.39, 0.29) is 11.9 Å². The second kappa shape index (κ2) is 6.69. The molecule has 2 rings (SSSR count). The Morgan fingerprint density at radius 1 is 1.37 bits per heavy atom. The monoisotopic (exact) mass is 284 g/mol. The third-order valence-corrected chi connectivity index (χ3v) is 4.42. The molecule has 1 aromatic carbocycles. The summed E-state index contributed by atoms with van der Waals surface area (Å²) >= 11 is 5.81. The summed E-state index contributed by atoms with van der Waals surface area (Å²) in [5, 5.41) is 0.428. The van der Waals surface area contributed by atoms with E-state index in [1.165, 1.54) is 38.2 Å². The van der Waals surface area contributed by atoms with Crippen molar-refractivity contribution in [1.29, 1.82) is 0 Å². The van der Waals surface area contributed by atoms with Crippen molar-refractivity contribution in [1.82, 2.24) is 4.90 Å². The van der Waals surface area contributed by atoms with Crippen LogP contribution in [0.5, 0.6) is 0 Å². The summed E-state index contributed by atoms with van der Waals surface area (Å²) in [6.07, 6.45) is 6.20. The van der Waals surface area contributed by atoms with Crippen LogP contribution in [0.1, 0.15) is 43.7 Å². The number of hydrogen-bond acceptors (Lipinski definition) is 2. The summed E-state index contributed by atoms with van der Waals surface area (Å²) in [6.45, 7) is 0.422. The average Bonchev–Trinajstić information content (AvgIpc) is 2.42. The minimum Gasteiger partial charge on any atom is -0.329 e. The van der Waals surface area contributed by atoms with Crippen molar-refractivity contribution in [2.75, 3.05) is 13.6 Å². The standard InChI is InChI=1S/C15H22ClFN2/c1-19(12-5-3-2-4-6-12)15(10-18)13-8-7-11(16)9-14(13)17/h7-9,12,15H,2-6,10,18H2,1H3. The summed E-state index contributed by atoms with van der Waals surface area (Å²) in [4.78, 5) is 2.24. The Bertz CT molecular complexity index is 419. The van der Waals surface area contributed by atoms with Gasteiger partial charge in [-0.25, -0.2) is 4.39 Å². The smallest absolute Gasteiger partial charge is 0.129 e. The van der Waals surface area contributed by atoms with Crippen molar-refractivity contribution >= 4 is 11.6 Å². The maximum Gasteiger partial charge on any atom is 0.129 e. The second-order valence-electron chi connectivity index (χ2n) is 5.37. The molecule has 0 heterocycles. The Labute approximate surface area is 119 Å². The molecule has 2 nitrogen and oxygen atoms in total. The molecule has 1 unspecified atom stereocenters. The summed E-state index contributed by atoms with van der Waals surface area (Å²) in [7, 11) is 2.06. The molecule has 0 bridgehead atoms. The van der Waals surface area contributed by atoms with Gasteiger partial charge in [0.1, 0.15) is 5.82 Å². The third kappa shape index (κ3) is 3.47. The van der Waals surface area contributed by atoms with Gasteiger partial charge in [0.05, 0.1) is 0 Å². The van der Waals surface area contributed by atoms with Crippen LogP contribution in [0.4, 0.5) is 4.39 Å². The molecule has 1 atom stereocenters. The second-order valence-corrected chi connectivity index (χ2v) is 5.81.